The quantitative estimate of drug-likeness (QED) is 0.739. The largest absolute Gasteiger partial charge is 0.379 e. The lowest BCUT2D eigenvalue weighted by Crippen LogP contribution is -2.50. The lowest BCUT2D eigenvalue weighted by Gasteiger charge is -2.28. The molecule has 1 saturated heterocycles. The number of rotatable bonds is 6. The van der Waals surface area contributed by atoms with Crippen molar-refractivity contribution >= 4 is 26.1 Å². The Morgan fingerprint density at radius 2 is 1.94 bits per heavy atom. The highest BCUT2D eigenvalue weighted by atomic mass is 79.9. The molecule has 1 fully saturated rings. The fourth-order valence-electron chi connectivity index (χ4n) is 1.78. The van der Waals surface area contributed by atoms with E-state index in [9.17, 15) is 8.42 Å². The van der Waals surface area contributed by atoms with Gasteiger partial charge in [0.15, 0.2) is 0 Å². The molecule has 17 heavy (non-hydrogen) atoms. The van der Waals surface area contributed by atoms with Crippen LogP contribution in [0, 0.1) is 5.92 Å². The first-order valence-electron chi connectivity index (χ1n) is 5.87. The molecular weight excluding hydrogens is 308 g/mol. The van der Waals surface area contributed by atoms with E-state index in [1.807, 2.05) is 0 Å². The van der Waals surface area contributed by atoms with Gasteiger partial charge >= 0.3 is 0 Å². The standard InChI is InChI=1S/C10H21BrN2O3S/c1-9(2)7-10(8-11)12-17(14,15)13-3-5-16-6-4-13/h9-10,12H,3-8H2,1-2H3. The van der Waals surface area contributed by atoms with Crippen LogP contribution in [0.1, 0.15) is 20.3 Å². The molecule has 0 aliphatic carbocycles. The van der Waals surface area contributed by atoms with Gasteiger partial charge in [-0.05, 0) is 12.3 Å². The van der Waals surface area contributed by atoms with Crippen molar-refractivity contribution in [2.45, 2.75) is 26.3 Å². The Morgan fingerprint density at radius 1 is 1.35 bits per heavy atom. The maximum Gasteiger partial charge on any atom is 0.279 e. The maximum atomic E-state index is 12.1. The topological polar surface area (TPSA) is 58.6 Å². The van der Waals surface area contributed by atoms with Gasteiger partial charge in [-0.2, -0.15) is 17.4 Å². The molecule has 7 heteroatoms. The SMILES string of the molecule is CC(C)CC(CBr)NS(=O)(=O)N1CCOCC1. The first-order valence-corrected chi connectivity index (χ1v) is 8.43. The molecule has 0 aromatic rings. The summed E-state index contributed by atoms with van der Waals surface area (Å²) in [7, 11) is -3.37. The average molecular weight is 329 g/mol. The molecule has 0 aromatic carbocycles. The van der Waals surface area contributed by atoms with E-state index in [1.165, 1.54) is 4.31 Å². The summed E-state index contributed by atoms with van der Waals surface area (Å²) >= 11 is 3.35. The number of halogens is 1. The molecule has 5 nitrogen and oxygen atoms in total. The van der Waals surface area contributed by atoms with Gasteiger partial charge in [-0.3, -0.25) is 0 Å². The van der Waals surface area contributed by atoms with Crippen molar-refractivity contribution in [1.82, 2.24) is 9.03 Å². The molecule has 0 spiro atoms. The highest BCUT2D eigenvalue weighted by Crippen LogP contribution is 2.10. The third-order valence-electron chi connectivity index (χ3n) is 2.57. The lowest BCUT2D eigenvalue weighted by molar-refractivity contribution is 0.0723. The molecule has 1 rings (SSSR count). The molecule has 1 atom stereocenters. The zero-order valence-corrected chi connectivity index (χ0v) is 12.8. The van der Waals surface area contributed by atoms with Gasteiger partial charge in [0.25, 0.3) is 10.2 Å². The molecule has 0 radical (unpaired) electrons. The number of alkyl halides is 1. The summed E-state index contributed by atoms with van der Waals surface area (Å²) in [5, 5.41) is 0.634. The first-order chi connectivity index (χ1) is 7.95. The predicted molar refractivity (Wildman–Crippen MR) is 71.5 cm³/mol. The molecule has 1 heterocycles. The fourth-order valence-corrected chi connectivity index (χ4v) is 3.80. The van der Waals surface area contributed by atoms with Crippen LogP contribution in [0.4, 0.5) is 0 Å². The molecule has 1 unspecified atom stereocenters. The minimum Gasteiger partial charge on any atom is -0.379 e. The third kappa shape index (κ3) is 5.21. The average Bonchev–Trinajstić information content (AvgIpc) is 2.28. The normalized spacial score (nSPS) is 20.7. The molecule has 1 N–H and O–H groups in total. The third-order valence-corrected chi connectivity index (χ3v) is 5.03. The Labute approximate surface area is 112 Å². The van der Waals surface area contributed by atoms with Gasteiger partial charge < -0.3 is 4.74 Å². The zero-order chi connectivity index (χ0) is 12.9. The van der Waals surface area contributed by atoms with Crippen molar-refractivity contribution in [2.24, 2.45) is 5.92 Å². The molecular formula is C10H21BrN2O3S. The van der Waals surface area contributed by atoms with Crippen molar-refractivity contribution in [3.63, 3.8) is 0 Å². The van der Waals surface area contributed by atoms with E-state index in [0.29, 0.717) is 37.6 Å². The smallest absolute Gasteiger partial charge is 0.279 e. The summed E-state index contributed by atoms with van der Waals surface area (Å²) in [6.07, 6.45) is 0.828. The second-order valence-electron chi connectivity index (χ2n) is 4.62. The van der Waals surface area contributed by atoms with Crippen LogP contribution in [0.15, 0.2) is 0 Å². The Kier molecular flexibility index (Phi) is 6.36. The Morgan fingerprint density at radius 3 is 2.41 bits per heavy atom. The summed E-state index contributed by atoms with van der Waals surface area (Å²) in [5.41, 5.74) is 0. The summed E-state index contributed by atoms with van der Waals surface area (Å²) in [6, 6.07) is -0.0529. The number of nitrogens with zero attached hydrogens (tertiary/aromatic N) is 1. The van der Waals surface area contributed by atoms with Gasteiger partial charge in [0.2, 0.25) is 0 Å². The van der Waals surface area contributed by atoms with Crippen molar-refractivity contribution in [3.05, 3.63) is 0 Å². The van der Waals surface area contributed by atoms with Crippen LogP contribution in [0.25, 0.3) is 0 Å². The monoisotopic (exact) mass is 328 g/mol. The van der Waals surface area contributed by atoms with Gasteiger partial charge in [-0.25, -0.2) is 0 Å². The van der Waals surface area contributed by atoms with Gasteiger partial charge in [0.1, 0.15) is 0 Å². The molecule has 0 saturated carbocycles. The summed E-state index contributed by atoms with van der Waals surface area (Å²) in [4.78, 5) is 0. The zero-order valence-electron chi connectivity index (χ0n) is 10.4. The summed E-state index contributed by atoms with van der Waals surface area (Å²) < 4.78 is 33.5. The van der Waals surface area contributed by atoms with Crippen LogP contribution < -0.4 is 4.72 Å². The van der Waals surface area contributed by atoms with E-state index in [1.54, 1.807) is 0 Å². The number of ether oxygens (including phenoxy) is 1. The molecule has 0 amide bonds. The second kappa shape index (κ2) is 7.04. The van der Waals surface area contributed by atoms with E-state index in [4.69, 9.17) is 4.74 Å². The molecule has 0 bridgehead atoms. The second-order valence-corrected chi connectivity index (χ2v) is 6.96. The fraction of sp³-hybridized carbons (Fsp3) is 1.00. The van der Waals surface area contributed by atoms with E-state index in [2.05, 4.69) is 34.5 Å². The number of hydrogen-bond acceptors (Lipinski definition) is 3. The Bertz CT molecular complexity index is 316. The number of morpholine rings is 1. The van der Waals surface area contributed by atoms with Crippen molar-refractivity contribution < 1.29 is 13.2 Å². The van der Waals surface area contributed by atoms with Crippen LogP contribution in [-0.4, -0.2) is 50.4 Å². The van der Waals surface area contributed by atoms with Crippen LogP contribution in [0.5, 0.6) is 0 Å². The van der Waals surface area contributed by atoms with Crippen LogP contribution >= 0.6 is 15.9 Å². The van der Waals surface area contributed by atoms with E-state index in [-0.39, 0.29) is 6.04 Å². The number of nitrogens with one attached hydrogen (secondary N) is 1. The van der Waals surface area contributed by atoms with Crippen molar-refractivity contribution in [3.8, 4) is 0 Å². The minimum atomic E-state index is -3.37. The van der Waals surface area contributed by atoms with Crippen LogP contribution in [0.3, 0.4) is 0 Å². The van der Waals surface area contributed by atoms with Crippen LogP contribution in [0.2, 0.25) is 0 Å². The molecule has 102 valence electrons. The first kappa shape index (κ1) is 15.4. The molecule has 1 aliphatic rings. The highest BCUT2D eigenvalue weighted by Gasteiger charge is 2.26. The maximum absolute atomic E-state index is 12.1. The van der Waals surface area contributed by atoms with E-state index in [0.717, 1.165) is 6.42 Å². The van der Waals surface area contributed by atoms with Gasteiger partial charge in [-0.1, -0.05) is 29.8 Å². The Balaban J connectivity index is 2.56. The number of hydrogen-bond donors (Lipinski definition) is 1. The summed E-state index contributed by atoms with van der Waals surface area (Å²) in [6.45, 7) is 5.99. The molecule has 0 aromatic heterocycles. The van der Waals surface area contributed by atoms with Crippen LogP contribution in [-0.2, 0) is 14.9 Å². The van der Waals surface area contributed by atoms with Gasteiger partial charge in [-0.15, -0.1) is 0 Å². The van der Waals surface area contributed by atoms with Crippen molar-refractivity contribution in [2.75, 3.05) is 31.6 Å². The Hall–Kier alpha value is 0.310. The van der Waals surface area contributed by atoms with E-state index < -0.39 is 10.2 Å². The van der Waals surface area contributed by atoms with Gasteiger partial charge in [0.05, 0.1) is 13.2 Å². The van der Waals surface area contributed by atoms with Gasteiger partial charge in [0, 0.05) is 24.5 Å². The summed E-state index contributed by atoms with van der Waals surface area (Å²) in [5.74, 6) is 0.463. The predicted octanol–water partition coefficient (Wildman–Crippen LogP) is 0.963. The minimum absolute atomic E-state index is 0.0529. The highest BCUT2D eigenvalue weighted by molar-refractivity contribution is 9.09. The molecule has 1 aliphatic heterocycles. The van der Waals surface area contributed by atoms with Crippen molar-refractivity contribution in [1.29, 1.82) is 0 Å². The van der Waals surface area contributed by atoms with E-state index >= 15 is 0 Å². The lowest BCUT2D eigenvalue weighted by atomic mass is 10.1.